The van der Waals surface area contributed by atoms with Crippen LogP contribution in [0.1, 0.15) is 0 Å². The number of fused-ring (bicyclic) bond motifs is 1. The molecule has 0 unspecified atom stereocenters. The van der Waals surface area contributed by atoms with Crippen molar-refractivity contribution in [1.82, 2.24) is 0 Å². The molecule has 0 atom stereocenters. The molecule has 2 N–H and O–H groups in total. The zero-order valence-corrected chi connectivity index (χ0v) is 18.7. The summed E-state index contributed by atoms with van der Waals surface area (Å²) in [5.41, 5.74) is 10.4. The van der Waals surface area contributed by atoms with Gasteiger partial charge in [-0.2, -0.15) is 15.3 Å². The van der Waals surface area contributed by atoms with Gasteiger partial charge >= 0.3 is 0 Å². The number of azo groups is 3. The molecule has 0 aromatic heterocycles. The average Bonchev–Trinajstić information content (AvgIpc) is 2.93. The van der Waals surface area contributed by atoms with Crippen molar-refractivity contribution in [2.75, 3.05) is 5.73 Å². The SMILES string of the molecule is Nc1c(N=Nc2ccccc2)c(N=Nc2ccccc2)c(N=Nc2ccccc2)c2ccccc12. The van der Waals surface area contributed by atoms with E-state index in [4.69, 9.17) is 5.73 Å². The monoisotopic (exact) mass is 455 g/mol. The number of rotatable bonds is 6. The minimum Gasteiger partial charge on any atom is -0.396 e. The third-order valence-corrected chi connectivity index (χ3v) is 5.24. The summed E-state index contributed by atoms with van der Waals surface area (Å²) >= 11 is 0. The van der Waals surface area contributed by atoms with Crippen molar-refractivity contribution >= 4 is 50.6 Å². The van der Waals surface area contributed by atoms with Crippen LogP contribution >= 0.6 is 0 Å². The lowest BCUT2D eigenvalue weighted by molar-refractivity contribution is 1.17. The highest BCUT2D eigenvalue weighted by atomic mass is 15.2. The van der Waals surface area contributed by atoms with Crippen LogP contribution in [0.15, 0.2) is 146 Å². The predicted octanol–water partition coefficient (Wildman–Crippen LogP) is 9.67. The number of hydrogen-bond acceptors (Lipinski definition) is 7. The standard InChI is InChI=1S/C28H21N7/c29-25-23-18-10-11-19-24(23)26(33-30-20-12-4-1-5-13-20)28(35-32-22-16-8-3-9-17-22)27(25)34-31-21-14-6-2-7-15-21/h1-19H,29H2. The molecule has 5 aromatic rings. The van der Waals surface area contributed by atoms with Crippen LogP contribution in [0.25, 0.3) is 10.8 Å². The third-order valence-electron chi connectivity index (χ3n) is 5.24. The number of nitrogens with zero attached hydrogens (tertiary/aromatic N) is 6. The number of nitrogens with two attached hydrogens (primary N) is 1. The number of hydrogen-bond donors (Lipinski definition) is 1. The van der Waals surface area contributed by atoms with Gasteiger partial charge in [-0.3, -0.25) is 0 Å². The number of nitrogen functional groups attached to an aromatic ring is 1. The summed E-state index contributed by atoms with van der Waals surface area (Å²) in [4.78, 5) is 0. The lowest BCUT2D eigenvalue weighted by Crippen LogP contribution is -1.89. The van der Waals surface area contributed by atoms with Crippen LogP contribution in [0.5, 0.6) is 0 Å². The van der Waals surface area contributed by atoms with Crippen molar-refractivity contribution in [1.29, 1.82) is 0 Å². The molecule has 0 bridgehead atoms. The molecule has 0 aliphatic rings. The molecule has 35 heavy (non-hydrogen) atoms. The second-order valence-electron chi connectivity index (χ2n) is 7.61. The molecule has 0 amide bonds. The van der Waals surface area contributed by atoms with E-state index in [1.54, 1.807) is 0 Å². The molecule has 0 fully saturated rings. The fraction of sp³-hybridized carbons (Fsp3) is 0. The van der Waals surface area contributed by atoms with Gasteiger partial charge < -0.3 is 5.73 Å². The first kappa shape index (κ1) is 21.8. The first-order valence-corrected chi connectivity index (χ1v) is 11.0. The highest BCUT2D eigenvalue weighted by Gasteiger charge is 2.19. The van der Waals surface area contributed by atoms with Gasteiger partial charge in [0.05, 0.1) is 22.7 Å². The minimum atomic E-state index is 0.384. The van der Waals surface area contributed by atoms with Gasteiger partial charge in [0.15, 0.2) is 0 Å². The van der Waals surface area contributed by atoms with Gasteiger partial charge in [0.25, 0.3) is 0 Å². The Labute approximate surface area is 202 Å². The molecule has 0 aliphatic heterocycles. The van der Waals surface area contributed by atoms with Crippen molar-refractivity contribution in [3.8, 4) is 0 Å². The number of benzene rings is 5. The summed E-state index contributed by atoms with van der Waals surface area (Å²) in [5, 5.41) is 28.5. The van der Waals surface area contributed by atoms with Crippen LogP contribution < -0.4 is 5.73 Å². The summed E-state index contributed by atoms with van der Waals surface area (Å²) in [5.74, 6) is 0. The zero-order chi connectivity index (χ0) is 23.9. The Morgan fingerprint density at radius 3 is 1.20 bits per heavy atom. The van der Waals surface area contributed by atoms with Crippen molar-refractivity contribution in [2.24, 2.45) is 30.7 Å². The van der Waals surface area contributed by atoms with E-state index in [9.17, 15) is 0 Å². The smallest absolute Gasteiger partial charge is 0.143 e. The van der Waals surface area contributed by atoms with E-state index in [1.165, 1.54) is 0 Å². The fourth-order valence-electron chi connectivity index (χ4n) is 3.52. The molecule has 0 radical (unpaired) electrons. The Morgan fingerprint density at radius 2 is 0.714 bits per heavy atom. The quantitative estimate of drug-likeness (QED) is 0.200. The van der Waals surface area contributed by atoms with Gasteiger partial charge in [0, 0.05) is 10.8 Å². The Hall–Kier alpha value is -5.04. The van der Waals surface area contributed by atoms with Crippen LogP contribution in [-0.4, -0.2) is 0 Å². The topological polar surface area (TPSA) is 100 Å². The zero-order valence-electron chi connectivity index (χ0n) is 18.7. The molecule has 0 aliphatic carbocycles. The molecule has 0 spiro atoms. The maximum Gasteiger partial charge on any atom is 0.143 e. The van der Waals surface area contributed by atoms with Crippen LogP contribution in [0.4, 0.5) is 39.8 Å². The molecule has 7 nitrogen and oxygen atoms in total. The normalized spacial score (nSPS) is 11.8. The van der Waals surface area contributed by atoms with Gasteiger partial charge in [-0.15, -0.1) is 15.3 Å². The van der Waals surface area contributed by atoms with Crippen molar-refractivity contribution < 1.29 is 0 Å². The predicted molar refractivity (Wildman–Crippen MR) is 140 cm³/mol. The minimum absolute atomic E-state index is 0.384. The van der Waals surface area contributed by atoms with E-state index in [1.807, 2.05) is 115 Å². The van der Waals surface area contributed by atoms with E-state index < -0.39 is 0 Å². The van der Waals surface area contributed by atoms with E-state index >= 15 is 0 Å². The Morgan fingerprint density at radius 1 is 0.343 bits per heavy atom. The highest BCUT2D eigenvalue weighted by Crippen LogP contribution is 2.49. The molecule has 5 aromatic carbocycles. The Kier molecular flexibility index (Phi) is 6.39. The molecule has 0 heterocycles. The molecule has 7 heteroatoms. The summed E-state index contributed by atoms with van der Waals surface area (Å²) in [6, 6.07) is 36.1. The maximum atomic E-state index is 6.60. The Balaban J connectivity index is 1.74. The average molecular weight is 456 g/mol. The van der Waals surface area contributed by atoms with Gasteiger partial charge in [-0.25, -0.2) is 0 Å². The Bertz CT molecular complexity index is 1530. The highest BCUT2D eigenvalue weighted by molar-refractivity contribution is 6.10. The first-order chi connectivity index (χ1) is 17.3. The van der Waals surface area contributed by atoms with Gasteiger partial charge in [0.1, 0.15) is 17.1 Å². The molecule has 168 valence electrons. The fourth-order valence-corrected chi connectivity index (χ4v) is 3.52. The summed E-state index contributed by atoms with van der Waals surface area (Å²) < 4.78 is 0. The van der Waals surface area contributed by atoms with Crippen LogP contribution in [0.3, 0.4) is 0 Å². The van der Waals surface area contributed by atoms with Crippen molar-refractivity contribution in [2.45, 2.75) is 0 Å². The van der Waals surface area contributed by atoms with E-state index in [2.05, 4.69) is 30.7 Å². The number of anilines is 1. The molecular weight excluding hydrogens is 434 g/mol. The summed E-state index contributed by atoms with van der Waals surface area (Å²) in [7, 11) is 0. The maximum absolute atomic E-state index is 6.60. The lowest BCUT2D eigenvalue weighted by atomic mass is 10.0. The van der Waals surface area contributed by atoms with E-state index in [0.717, 1.165) is 10.8 Å². The van der Waals surface area contributed by atoms with Crippen molar-refractivity contribution in [3.63, 3.8) is 0 Å². The lowest BCUT2D eigenvalue weighted by Gasteiger charge is -2.11. The second kappa shape index (κ2) is 10.3. The second-order valence-corrected chi connectivity index (χ2v) is 7.61. The first-order valence-electron chi connectivity index (χ1n) is 11.0. The summed E-state index contributed by atoms with van der Waals surface area (Å²) in [6.07, 6.45) is 0. The van der Waals surface area contributed by atoms with Gasteiger partial charge in [0.2, 0.25) is 0 Å². The van der Waals surface area contributed by atoms with Gasteiger partial charge in [-0.1, -0.05) is 78.9 Å². The van der Waals surface area contributed by atoms with E-state index in [-0.39, 0.29) is 0 Å². The largest absolute Gasteiger partial charge is 0.396 e. The molecule has 0 saturated heterocycles. The van der Waals surface area contributed by atoms with Gasteiger partial charge in [-0.05, 0) is 36.4 Å². The molecule has 5 rings (SSSR count). The molecule has 0 saturated carbocycles. The summed E-state index contributed by atoms with van der Waals surface area (Å²) in [6.45, 7) is 0. The molecular formula is C28H21N7. The van der Waals surface area contributed by atoms with Crippen LogP contribution in [-0.2, 0) is 0 Å². The van der Waals surface area contributed by atoms with Crippen molar-refractivity contribution in [3.05, 3.63) is 115 Å². The third kappa shape index (κ3) is 4.99. The van der Waals surface area contributed by atoms with E-state index in [0.29, 0.717) is 39.8 Å². The van der Waals surface area contributed by atoms with Crippen LogP contribution in [0.2, 0.25) is 0 Å². The van der Waals surface area contributed by atoms with Crippen LogP contribution in [0, 0.1) is 0 Å².